The first-order valence-corrected chi connectivity index (χ1v) is 9.92. The summed E-state index contributed by atoms with van der Waals surface area (Å²) in [6, 6.07) is 11.9. The van der Waals surface area contributed by atoms with E-state index in [0.717, 1.165) is 0 Å². The predicted octanol–water partition coefficient (Wildman–Crippen LogP) is 6.05. The van der Waals surface area contributed by atoms with Gasteiger partial charge in [0.1, 0.15) is 5.82 Å². The first-order valence-electron chi connectivity index (χ1n) is 9.16. The first kappa shape index (κ1) is 22.5. The number of methoxy groups -OCH3 is 3. The molecule has 0 fully saturated rings. The van der Waals surface area contributed by atoms with Crippen LogP contribution in [0.5, 0.6) is 17.2 Å². The first-order chi connectivity index (χ1) is 15.0. The van der Waals surface area contributed by atoms with Gasteiger partial charge in [-0.05, 0) is 54.6 Å². The number of anilines is 2. The largest absolute Gasteiger partial charge is 0.493 e. The van der Waals surface area contributed by atoms with Gasteiger partial charge < -0.3 is 19.5 Å². The van der Waals surface area contributed by atoms with Gasteiger partial charge in [0.05, 0.1) is 32.0 Å². The monoisotopic (exact) mass is 458 g/mol. The summed E-state index contributed by atoms with van der Waals surface area (Å²) in [5.74, 6) is 1.53. The van der Waals surface area contributed by atoms with Gasteiger partial charge in [-0.15, -0.1) is 0 Å². The van der Waals surface area contributed by atoms with Crippen LogP contribution in [0.1, 0.15) is 15.9 Å². The summed E-state index contributed by atoms with van der Waals surface area (Å²) in [5, 5.41) is 4.16. The maximum atomic E-state index is 12.8. The number of nitrogens with one attached hydrogen (secondary N) is 1. The summed E-state index contributed by atoms with van der Waals surface area (Å²) < 4.78 is 15.9. The van der Waals surface area contributed by atoms with Crippen molar-refractivity contribution in [3.8, 4) is 17.2 Å². The van der Waals surface area contributed by atoms with E-state index in [1.54, 1.807) is 48.7 Å². The molecule has 160 valence electrons. The molecule has 3 aromatic rings. The van der Waals surface area contributed by atoms with Crippen LogP contribution in [0.25, 0.3) is 6.08 Å². The molecule has 0 bridgehead atoms. The molecule has 0 aliphatic heterocycles. The zero-order valence-electron chi connectivity index (χ0n) is 17.1. The molecule has 0 radical (unpaired) electrons. The Balaban J connectivity index is 1.88. The van der Waals surface area contributed by atoms with E-state index in [1.807, 2.05) is 6.07 Å². The molecular formula is C23H20Cl2N2O4. The number of halogens is 2. The van der Waals surface area contributed by atoms with E-state index in [1.165, 1.54) is 27.4 Å². The van der Waals surface area contributed by atoms with Crippen molar-refractivity contribution in [2.45, 2.75) is 0 Å². The van der Waals surface area contributed by atoms with E-state index in [-0.39, 0.29) is 5.78 Å². The van der Waals surface area contributed by atoms with Gasteiger partial charge in [0.25, 0.3) is 0 Å². The fourth-order valence-corrected chi connectivity index (χ4v) is 3.32. The lowest BCUT2D eigenvalue weighted by Gasteiger charge is -2.13. The molecule has 31 heavy (non-hydrogen) atoms. The lowest BCUT2D eigenvalue weighted by Crippen LogP contribution is -2.01. The molecule has 0 aliphatic rings. The van der Waals surface area contributed by atoms with Gasteiger partial charge in [-0.2, -0.15) is 0 Å². The molecule has 0 unspecified atom stereocenters. The molecule has 1 N–H and O–H groups in total. The average Bonchev–Trinajstić information content (AvgIpc) is 2.78. The van der Waals surface area contributed by atoms with Crippen molar-refractivity contribution in [2.75, 3.05) is 26.6 Å². The second-order valence-corrected chi connectivity index (χ2v) is 7.15. The number of ketones is 1. The summed E-state index contributed by atoms with van der Waals surface area (Å²) in [6.07, 6.45) is 4.77. The molecule has 1 heterocycles. The quantitative estimate of drug-likeness (QED) is 0.327. The highest BCUT2D eigenvalue weighted by Gasteiger charge is 2.16. The lowest BCUT2D eigenvalue weighted by molar-refractivity contribution is 0.104. The van der Waals surface area contributed by atoms with Crippen molar-refractivity contribution in [2.24, 2.45) is 0 Å². The van der Waals surface area contributed by atoms with Gasteiger partial charge >= 0.3 is 0 Å². The van der Waals surface area contributed by atoms with Crippen LogP contribution in [0.3, 0.4) is 0 Å². The topological polar surface area (TPSA) is 69.7 Å². The fraction of sp³-hybridized carbons (Fsp3) is 0.130. The molecule has 0 saturated heterocycles. The van der Waals surface area contributed by atoms with Crippen molar-refractivity contribution in [3.63, 3.8) is 0 Å². The van der Waals surface area contributed by atoms with Crippen LogP contribution < -0.4 is 19.5 Å². The molecule has 0 atom stereocenters. The minimum absolute atomic E-state index is 0.237. The Labute approximate surface area is 190 Å². The maximum Gasteiger partial charge on any atom is 0.203 e. The lowest BCUT2D eigenvalue weighted by atomic mass is 10.1. The van der Waals surface area contributed by atoms with Gasteiger partial charge in [0, 0.05) is 22.3 Å². The maximum absolute atomic E-state index is 12.8. The van der Waals surface area contributed by atoms with Gasteiger partial charge in [0.15, 0.2) is 17.3 Å². The molecule has 0 spiro atoms. The Bertz CT molecular complexity index is 1110. The molecule has 2 aromatic carbocycles. The number of aromatic nitrogens is 1. The number of allylic oxidation sites excluding steroid dienone is 1. The highest BCUT2D eigenvalue weighted by atomic mass is 35.5. The number of ether oxygens (including phenoxy) is 3. The summed E-state index contributed by atoms with van der Waals surface area (Å²) >= 11 is 12.2. The third kappa shape index (κ3) is 5.29. The number of carbonyl (C=O) groups is 1. The Morgan fingerprint density at radius 1 is 1.00 bits per heavy atom. The predicted molar refractivity (Wildman–Crippen MR) is 123 cm³/mol. The number of benzene rings is 2. The van der Waals surface area contributed by atoms with Crippen molar-refractivity contribution >= 4 is 46.6 Å². The van der Waals surface area contributed by atoms with Crippen molar-refractivity contribution in [3.05, 3.63) is 75.9 Å². The van der Waals surface area contributed by atoms with Crippen LogP contribution in [0.2, 0.25) is 10.0 Å². The third-order valence-corrected chi connectivity index (χ3v) is 4.93. The smallest absolute Gasteiger partial charge is 0.203 e. The SMILES string of the molecule is COc1cc(C(=O)/C=C/c2cccnc2Nc2ccc(Cl)cc2Cl)cc(OC)c1OC. The third-order valence-electron chi connectivity index (χ3n) is 4.39. The van der Waals surface area contributed by atoms with E-state index in [0.29, 0.717) is 49.9 Å². The zero-order chi connectivity index (χ0) is 22.4. The second-order valence-electron chi connectivity index (χ2n) is 6.30. The zero-order valence-corrected chi connectivity index (χ0v) is 18.6. The molecule has 6 nitrogen and oxygen atoms in total. The molecular weight excluding hydrogens is 439 g/mol. The summed E-state index contributed by atoms with van der Waals surface area (Å²) in [6.45, 7) is 0. The normalized spacial score (nSPS) is 10.7. The Hall–Kier alpha value is -3.22. The average molecular weight is 459 g/mol. The Morgan fingerprint density at radius 2 is 1.71 bits per heavy atom. The van der Waals surface area contributed by atoms with E-state index >= 15 is 0 Å². The molecule has 0 amide bonds. The van der Waals surface area contributed by atoms with E-state index in [9.17, 15) is 4.79 Å². The van der Waals surface area contributed by atoms with Crippen LogP contribution in [0, 0.1) is 0 Å². The number of pyridine rings is 1. The van der Waals surface area contributed by atoms with Crippen LogP contribution in [-0.2, 0) is 0 Å². The van der Waals surface area contributed by atoms with E-state index in [2.05, 4.69) is 10.3 Å². The highest BCUT2D eigenvalue weighted by Crippen LogP contribution is 2.38. The molecule has 8 heteroatoms. The van der Waals surface area contributed by atoms with E-state index in [4.69, 9.17) is 37.4 Å². The van der Waals surface area contributed by atoms with Crippen LogP contribution in [0.4, 0.5) is 11.5 Å². The Morgan fingerprint density at radius 3 is 2.32 bits per heavy atom. The standard InChI is InChI=1S/C23H20Cl2N2O4/c1-29-20-11-15(12-21(30-2)22(20)31-3)19(28)9-6-14-5-4-10-26-23(14)27-18-8-7-16(24)13-17(18)25/h4-13H,1-3H3,(H,26,27)/b9-6+. The number of hydrogen-bond donors (Lipinski definition) is 1. The minimum Gasteiger partial charge on any atom is -0.493 e. The number of nitrogens with zero attached hydrogens (tertiary/aromatic N) is 1. The molecule has 1 aromatic heterocycles. The summed E-state index contributed by atoms with van der Waals surface area (Å²) in [7, 11) is 4.50. The van der Waals surface area contributed by atoms with Crippen molar-refractivity contribution in [1.82, 2.24) is 4.98 Å². The van der Waals surface area contributed by atoms with Crippen LogP contribution >= 0.6 is 23.2 Å². The molecule has 3 rings (SSSR count). The summed E-state index contributed by atoms with van der Waals surface area (Å²) in [4.78, 5) is 17.1. The van der Waals surface area contributed by atoms with Crippen LogP contribution in [-0.4, -0.2) is 32.1 Å². The highest BCUT2D eigenvalue weighted by molar-refractivity contribution is 6.36. The van der Waals surface area contributed by atoms with Gasteiger partial charge in [0.2, 0.25) is 5.75 Å². The Kier molecular flexibility index (Phi) is 7.39. The number of hydrogen-bond acceptors (Lipinski definition) is 6. The number of rotatable bonds is 8. The van der Waals surface area contributed by atoms with E-state index < -0.39 is 0 Å². The summed E-state index contributed by atoms with van der Waals surface area (Å²) in [5.41, 5.74) is 1.74. The molecule has 0 saturated carbocycles. The van der Waals surface area contributed by atoms with Crippen molar-refractivity contribution in [1.29, 1.82) is 0 Å². The number of carbonyl (C=O) groups excluding carboxylic acids is 1. The van der Waals surface area contributed by atoms with Gasteiger partial charge in [-0.1, -0.05) is 23.2 Å². The second kappa shape index (κ2) is 10.2. The molecule has 0 aliphatic carbocycles. The van der Waals surface area contributed by atoms with Crippen LogP contribution in [0.15, 0.2) is 54.7 Å². The van der Waals surface area contributed by atoms with Crippen molar-refractivity contribution < 1.29 is 19.0 Å². The van der Waals surface area contributed by atoms with Gasteiger partial charge in [-0.3, -0.25) is 4.79 Å². The van der Waals surface area contributed by atoms with Gasteiger partial charge in [-0.25, -0.2) is 4.98 Å². The minimum atomic E-state index is -0.237. The fourth-order valence-electron chi connectivity index (χ4n) is 2.86.